The minimum Gasteiger partial charge on any atom is -0.278 e. The molecular formula is C51H33N5SSi. The van der Waals surface area contributed by atoms with Crippen molar-refractivity contribution in [3.8, 4) is 23.3 Å². The van der Waals surface area contributed by atoms with Gasteiger partial charge in [0.2, 0.25) is 11.9 Å². The van der Waals surface area contributed by atoms with Gasteiger partial charge in [0.25, 0.3) is 0 Å². The van der Waals surface area contributed by atoms with Crippen LogP contribution in [-0.2, 0) is 0 Å². The molecule has 0 radical (unpaired) electrons. The van der Waals surface area contributed by atoms with Crippen LogP contribution in [0.5, 0.6) is 0 Å². The number of fused-ring (bicyclic) bond motifs is 8. The van der Waals surface area contributed by atoms with Gasteiger partial charge in [-0.1, -0.05) is 176 Å². The fourth-order valence-corrected chi connectivity index (χ4v) is 16.3. The van der Waals surface area contributed by atoms with Crippen molar-refractivity contribution in [3.05, 3.63) is 200 Å². The van der Waals surface area contributed by atoms with Gasteiger partial charge in [0.15, 0.2) is 13.9 Å². The zero-order valence-electron chi connectivity index (χ0n) is 31.2. The van der Waals surface area contributed by atoms with Crippen molar-refractivity contribution in [2.24, 2.45) is 0 Å². The van der Waals surface area contributed by atoms with Gasteiger partial charge in [0, 0.05) is 36.9 Å². The average Bonchev–Trinajstić information content (AvgIpc) is 3.81. The molecule has 1 aliphatic heterocycles. The molecule has 7 heteroatoms. The van der Waals surface area contributed by atoms with Crippen molar-refractivity contribution in [2.75, 3.05) is 0 Å². The maximum absolute atomic E-state index is 5.45. The van der Waals surface area contributed by atoms with Crippen LogP contribution in [0.1, 0.15) is 0 Å². The lowest BCUT2D eigenvalue weighted by atomic mass is 10.1. The van der Waals surface area contributed by atoms with E-state index in [0.717, 1.165) is 49.2 Å². The smallest absolute Gasteiger partial charge is 0.240 e. The Hall–Kier alpha value is -7.06. The molecule has 8 aromatic carbocycles. The number of benzene rings is 8. The summed E-state index contributed by atoms with van der Waals surface area (Å²) in [6, 6.07) is 72.4. The lowest BCUT2D eigenvalue weighted by Crippen LogP contribution is -2.76. The molecule has 3 aromatic heterocycles. The van der Waals surface area contributed by atoms with E-state index in [-0.39, 0.29) is 0 Å². The van der Waals surface area contributed by atoms with Gasteiger partial charge in [-0.15, -0.1) is 0 Å². The largest absolute Gasteiger partial charge is 0.278 e. The molecule has 0 saturated heterocycles. The van der Waals surface area contributed by atoms with Crippen molar-refractivity contribution in [2.45, 2.75) is 9.79 Å². The van der Waals surface area contributed by atoms with E-state index in [0.29, 0.717) is 17.7 Å². The number of hydrogen-bond acceptors (Lipinski definition) is 4. The van der Waals surface area contributed by atoms with Crippen LogP contribution >= 0.6 is 11.8 Å². The highest BCUT2D eigenvalue weighted by Gasteiger charge is 2.47. The number of rotatable bonds is 5. The highest BCUT2D eigenvalue weighted by molar-refractivity contribution is 8.00. The van der Waals surface area contributed by atoms with E-state index in [2.05, 4.69) is 191 Å². The Balaban J connectivity index is 1.19. The summed E-state index contributed by atoms with van der Waals surface area (Å²) in [5.74, 6) is 1.77. The van der Waals surface area contributed by atoms with Crippen LogP contribution in [0, 0.1) is 0 Å². The Kier molecular flexibility index (Phi) is 7.42. The molecule has 1 aliphatic rings. The third-order valence-electron chi connectivity index (χ3n) is 11.7. The maximum Gasteiger partial charge on any atom is 0.240 e. The number of hydrogen-bond donors (Lipinski definition) is 0. The lowest BCUT2D eigenvalue weighted by Gasteiger charge is -2.39. The maximum atomic E-state index is 5.45. The highest BCUT2D eigenvalue weighted by Crippen LogP contribution is 2.36. The van der Waals surface area contributed by atoms with Crippen molar-refractivity contribution in [3.63, 3.8) is 0 Å². The quantitative estimate of drug-likeness (QED) is 0.164. The number of para-hydroxylation sites is 3. The predicted molar refractivity (Wildman–Crippen MR) is 242 cm³/mol. The van der Waals surface area contributed by atoms with Crippen LogP contribution in [0.15, 0.2) is 210 Å². The van der Waals surface area contributed by atoms with Gasteiger partial charge in [0.1, 0.15) is 0 Å². The first-order chi connectivity index (χ1) is 28.8. The third-order valence-corrected chi connectivity index (χ3v) is 18.1. The van der Waals surface area contributed by atoms with Crippen molar-refractivity contribution >= 4 is 84.2 Å². The Morgan fingerprint density at radius 2 is 0.810 bits per heavy atom. The molecule has 0 aliphatic carbocycles. The molecule has 11 aromatic rings. The molecule has 58 heavy (non-hydrogen) atoms. The summed E-state index contributed by atoms with van der Waals surface area (Å²) in [6.45, 7) is 0. The fraction of sp³-hybridized carbons (Fsp3) is 0. The summed E-state index contributed by atoms with van der Waals surface area (Å²) in [7, 11) is -2.84. The molecule has 0 fully saturated rings. The van der Waals surface area contributed by atoms with Crippen LogP contribution in [0.3, 0.4) is 0 Å². The van der Waals surface area contributed by atoms with E-state index in [4.69, 9.17) is 15.0 Å². The Labute approximate surface area is 339 Å². The minimum atomic E-state index is -2.84. The molecule has 0 atom stereocenters. The second kappa shape index (κ2) is 13.0. The third kappa shape index (κ3) is 4.81. The van der Waals surface area contributed by atoms with E-state index in [1.54, 1.807) is 0 Å². The summed E-state index contributed by atoms with van der Waals surface area (Å²) in [6.07, 6.45) is 0. The van der Waals surface area contributed by atoms with Gasteiger partial charge in [0.05, 0.1) is 22.1 Å². The van der Waals surface area contributed by atoms with Crippen LogP contribution in [0.2, 0.25) is 0 Å². The monoisotopic (exact) mass is 775 g/mol. The molecule has 12 rings (SSSR count). The van der Waals surface area contributed by atoms with Crippen LogP contribution in [0.4, 0.5) is 0 Å². The molecule has 0 spiro atoms. The molecule has 272 valence electrons. The van der Waals surface area contributed by atoms with Crippen LogP contribution in [-0.4, -0.2) is 32.2 Å². The number of nitrogens with zero attached hydrogens (tertiary/aromatic N) is 5. The molecule has 0 unspecified atom stereocenters. The summed E-state index contributed by atoms with van der Waals surface area (Å²) in [5.41, 5.74) is 5.13. The zero-order chi connectivity index (χ0) is 38.2. The van der Waals surface area contributed by atoms with E-state index < -0.39 is 8.07 Å². The van der Waals surface area contributed by atoms with Crippen LogP contribution in [0.25, 0.3) is 66.9 Å². The standard InChI is InChI=1S/C51H33N5SSi/c1-3-17-34(18-4-1)49-52-50(55-41-24-10-7-21-37(41)38-22-8-11-25-42(38)55)54-51(53-49)56-43-26-12-9-23-39(43)40-32-31-36(33-44(40)56)58(35-19-5-2-6-20-35)47-29-15-13-27-45(47)57-46-28-14-16-30-48(46)58/h1-33H. The van der Waals surface area contributed by atoms with Gasteiger partial charge in [-0.25, -0.2) is 0 Å². The van der Waals surface area contributed by atoms with E-state index in [1.165, 1.54) is 30.5 Å². The Morgan fingerprint density at radius 3 is 1.38 bits per heavy atom. The number of aromatic nitrogens is 5. The Bertz CT molecular complexity index is 3290. The lowest BCUT2D eigenvalue weighted by molar-refractivity contribution is 0.893. The summed E-state index contributed by atoms with van der Waals surface area (Å²) in [5, 5.41) is 10.1. The van der Waals surface area contributed by atoms with E-state index >= 15 is 0 Å². The topological polar surface area (TPSA) is 48.5 Å². The van der Waals surface area contributed by atoms with Gasteiger partial charge in [-0.3, -0.25) is 9.13 Å². The van der Waals surface area contributed by atoms with Crippen molar-refractivity contribution < 1.29 is 0 Å². The summed E-state index contributed by atoms with van der Waals surface area (Å²) >= 11 is 1.88. The average molecular weight is 776 g/mol. The van der Waals surface area contributed by atoms with Gasteiger partial charge in [-0.05, 0) is 57.1 Å². The van der Waals surface area contributed by atoms with Gasteiger partial charge in [-0.2, -0.15) is 15.0 Å². The molecule has 0 bridgehead atoms. The normalized spacial score (nSPS) is 13.2. The van der Waals surface area contributed by atoms with Gasteiger partial charge >= 0.3 is 0 Å². The Morgan fingerprint density at radius 1 is 0.362 bits per heavy atom. The molecule has 5 nitrogen and oxygen atoms in total. The highest BCUT2D eigenvalue weighted by atomic mass is 32.2. The molecular weight excluding hydrogens is 743 g/mol. The molecule has 0 saturated carbocycles. The first-order valence-corrected chi connectivity index (χ1v) is 22.4. The summed E-state index contributed by atoms with van der Waals surface area (Å²) in [4.78, 5) is 18.7. The molecule has 0 N–H and O–H groups in total. The molecule has 0 amide bonds. The fourth-order valence-electron chi connectivity index (χ4n) is 9.30. The second-order valence-corrected chi connectivity index (χ2v) is 19.6. The van der Waals surface area contributed by atoms with E-state index in [1.807, 2.05) is 30.0 Å². The van der Waals surface area contributed by atoms with Crippen LogP contribution < -0.4 is 20.7 Å². The molecule has 4 heterocycles. The van der Waals surface area contributed by atoms with Crippen molar-refractivity contribution in [1.82, 2.24) is 24.1 Å². The second-order valence-electron chi connectivity index (χ2n) is 14.8. The minimum absolute atomic E-state index is 0.574. The van der Waals surface area contributed by atoms with E-state index in [9.17, 15) is 0 Å². The first kappa shape index (κ1) is 33.1. The van der Waals surface area contributed by atoms with Crippen molar-refractivity contribution in [1.29, 1.82) is 0 Å². The SMILES string of the molecule is c1ccc(-c2nc(-n3c4ccccc4c4ccccc43)nc(-n3c4ccccc4c4ccc([Si]5(c6ccccc6)c6ccccc6Sc6ccccc65)cc43)n2)cc1. The zero-order valence-corrected chi connectivity index (χ0v) is 33.0. The predicted octanol–water partition coefficient (Wildman–Crippen LogP) is 9.57. The summed E-state index contributed by atoms with van der Waals surface area (Å²) < 4.78 is 4.45. The van der Waals surface area contributed by atoms with Gasteiger partial charge < -0.3 is 0 Å². The first-order valence-electron chi connectivity index (χ1n) is 19.5.